The van der Waals surface area contributed by atoms with E-state index < -0.39 is 10.0 Å². The minimum atomic E-state index is -3.80. The minimum absolute atomic E-state index is 0.00419. The SMILES string of the molecule is O=C(NC1CCCc2ccccc21)C1CCN(S(=O)(=O)c2c(Cl)cccc2Cl)CC1. The molecular formula is C22H24Cl2N2O3S. The number of carbonyl (C=O) groups is 1. The fourth-order valence-corrected chi connectivity index (χ4v) is 6.97. The number of hydrogen-bond donors (Lipinski definition) is 1. The van der Waals surface area contributed by atoms with Crippen LogP contribution >= 0.6 is 23.2 Å². The number of amides is 1. The molecule has 2 aliphatic rings. The summed E-state index contributed by atoms with van der Waals surface area (Å²) < 4.78 is 27.4. The van der Waals surface area contributed by atoms with Gasteiger partial charge in [0, 0.05) is 19.0 Å². The van der Waals surface area contributed by atoms with Crippen LogP contribution in [0.25, 0.3) is 0 Å². The Morgan fingerprint density at radius 1 is 0.967 bits per heavy atom. The smallest absolute Gasteiger partial charge is 0.246 e. The number of benzene rings is 2. The average Bonchev–Trinajstić information content (AvgIpc) is 2.74. The lowest BCUT2D eigenvalue weighted by atomic mass is 9.87. The lowest BCUT2D eigenvalue weighted by Gasteiger charge is -2.33. The van der Waals surface area contributed by atoms with E-state index in [-0.39, 0.29) is 45.9 Å². The highest BCUT2D eigenvalue weighted by molar-refractivity contribution is 7.89. The van der Waals surface area contributed by atoms with Crippen molar-refractivity contribution < 1.29 is 13.2 Å². The number of sulfonamides is 1. The molecule has 0 radical (unpaired) electrons. The van der Waals surface area contributed by atoms with E-state index in [4.69, 9.17) is 23.2 Å². The first-order valence-electron chi connectivity index (χ1n) is 10.2. The van der Waals surface area contributed by atoms with Gasteiger partial charge in [0.1, 0.15) is 4.90 Å². The molecule has 1 heterocycles. The molecule has 0 saturated carbocycles. The van der Waals surface area contributed by atoms with Crippen LogP contribution in [0.1, 0.15) is 42.9 Å². The Labute approximate surface area is 187 Å². The fourth-order valence-electron chi connectivity index (χ4n) is 4.41. The van der Waals surface area contributed by atoms with Crippen LogP contribution in [0.3, 0.4) is 0 Å². The molecule has 2 aromatic carbocycles. The van der Waals surface area contributed by atoms with Crippen LogP contribution in [0, 0.1) is 5.92 Å². The maximum Gasteiger partial charge on any atom is 0.246 e. The van der Waals surface area contributed by atoms with Gasteiger partial charge in [-0.05, 0) is 55.4 Å². The Balaban J connectivity index is 1.41. The van der Waals surface area contributed by atoms with Crippen molar-refractivity contribution in [2.24, 2.45) is 5.92 Å². The first-order chi connectivity index (χ1) is 14.4. The van der Waals surface area contributed by atoms with Crippen LogP contribution in [0.2, 0.25) is 10.0 Å². The average molecular weight is 467 g/mol. The summed E-state index contributed by atoms with van der Waals surface area (Å²) in [7, 11) is -3.80. The standard InChI is InChI=1S/C22H24Cl2N2O3S/c23-18-8-4-9-19(24)21(18)30(28,29)26-13-11-16(12-14-26)22(27)25-20-10-3-6-15-5-1-2-7-17(15)20/h1-2,4-5,7-9,16,20H,3,6,10-14H2,(H,25,27). The lowest BCUT2D eigenvalue weighted by molar-refractivity contribution is -0.127. The van der Waals surface area contributed by atoms with Crippen molar-refractivity contribution in [1.82, 2.24) is 9.62 Å². The van der Waals surface area contributed by atoms with E-state index in [2.05, 4.69) is 17.4 Å². The summed E-state index contributed by atoms with van der Waals surface area (Å²) in [6.07, 6.45) is 3.98. The largest absolute Gasteiger partial charge is 0.349 e. The molecule has 1 fully saturated rings. The lowest BCUT2D eigenvalue weighted by Crippen LogP contribution is -2.44. The number of piperidine rings is 1. The van der Waals surface area contributed by atoms with Gasteiger partial charge in [0.25, 0.3) is 0 Å². The predicted octanol–water partition coefficient (Wildman–Crippen LogP) is 4.59. The second-order valence-corrected chi connectivity index (χ2v) is 10.6. The van der Waals surface area contributed by atoms with E-state index in [9.17, 15) is 13.2 Å². The van der Waals surface area contributed by atoms with E-state index in [0.29, 0.717) is 12.8 Å². The van der Waals surface area contributed by atoms with Crippen LogP contribution in [-0.2, 0) is 21.2 Å². The molecule has 1 unspecified atom stereocenters. The maximum atomic E-state index is 13.0. The van der Waals surface area contributed by atoms with Gasteiger partial charge < -0.3 is 5.32 Å². The zero-order chi connectivity index (χ0) is 21.3. The molecule has 2 aromatic rings. The highest BCUT2D eigenvalue weighted by Crippen LogP contribution is 2.34. The highest BCUT2D eigenvalue weighted by atomic mass is 35.5. The number of rotatable bonds is 4. The number of hydrogen-bond acceptors (Lipinski definition) is 3. The van der Waals surface area contributed by atoms with E-state index >= 15 is 0 Å². The molecule has 160 valence electrons. The number of nitrogens with one attached hydrogen (secondary N) is 1. The molecule has 0 bridgehead atoms. The summed E-state index contributed by atoms with van der Waals surface area (Å²) in [6.45, 7) is 0.534. The summed E-state index contributed by atoms with van der Waals surface area (Å²) in [5, 5.41) is 3.42. The second kappa shape index (κ2) is 8.87. The normalized spacial score (nSPS) is 20.5. The molecule has 1 amide bonds. The molecule has 5 nitrogen and oxygen atoms in total. The molecule has 30 heavy (non-hydrogen) atoms. The van der Waals surface area contributed by atoms with Gasteiger partial charge in [-0.25, -0.2) is 8.42 Å². The molecule has 1 saturated heterocycles. The molecule has 0 spiro atoms. The quantitative estimate of drug-likeness (QED) is 0.716. The molecule has 4 rings (SSSR count). The van der Waals surface area contributed by atoms with Crippen molar-refractivity contribution in [2.75, 3.05) is 13.1 Å². The summed E-state index contributed by atoms with van der Waals surface area (Å²) >= 11 is 12.2. The van der Waals surface area contributed by atoms with Gasteiger partial charge in [0.2, 0.25) is 15.9 Å². The van der Waals surface area contributed by atoms with E-state index in [1.807, 2.05) is 12.1 Å². The van der Waals surface area contributed by atoms with Crippen molar-refractivity contribution >= 4 is 39.1 Å². The van der Waals surface area contributed by atoms with E-state index in [1.165, 1.54) is 27.6 Å². The van der Waals surface area contributed by atoms with Gasteiger partial charge in [-0.1, -0.05) is 53.5 Å². The van der Waals surface area contributed by atoms with Crippen LogP contribution in [-0.4, -0.2) is 31.7 Å². The molecule has 8 heteroatoms. The summed E-state index contributed by atoms with van der Waals surface area (Å²) in [5.74, 6) is -0.197. The van der Waals surface area contributed by atoms with Gasteiger partial charge in [0.15, 0.2) is 0 Å². The zero-order valence-electron chi connectivity index (χ0n) is 16.5. The minimum Gasteiger partial charge on any atom is -0.349 e. The Hall–Kier alpha value is -1.60. The summed E-state index contributed by atoms with van der Waals surface area (Å²) in [6, 6.07) is 12.9. The first-order valence-corrected chi connectivity index (χ1v) is 12.4. The van der Waals surface area contributed by atoms with Gasteiger partial charge in [-0.15, -0.1) is 0 Å². The third kappa shape index (κ3) is 4.24. The van der Waals surface area contributed by atoms with Gasteiger partial charge in [-0.2, -0.15) is 4.31 Å². The van der Waals surface area contributed by atoms with Gasteiger partial charge >= 0.3 is 0 Å². The number of nitrogens with zero attached hydrogens (tertiary/aromatic N) is 1. The van der Waals surface area contributed by atoms with Gasteiger partial charge in [0.05, 0.1) is 16.1 Å². The van der Waals surface area contributed by atoms with E-state index in [1.54, 1.807) is 6.07 Å². The van der Waals surface area contributed by atoms with E-state index in [0.717, 1.165) is 19.3 Å². The van der Waals surface area contributed by atoms with Crippen molar-refractivity contribution in [2.45, 2.75) is 43.0 Å². The number of fused-ring (bicyclic) bond motifs is 1. The number of halogens is 2. The first kappa shape index (κ1) is 21.6. The third-order valence-electron chi connectivity index (χ3n) is 6.03. The van der Waals surface area contributed by atoms with Crippen LogP contribution < -0.4 is 5.32 Å². The van der Waals surface area contributed by atoms with Gasteiger partial charge in [-0.3, -0.25) is 4.79 Å². The van der Waals surface area contributed by atoms with Crippen molar-refractivity contribution in [3.05, 3.63) is 63.6 Å². The van der Waals surface area contributed by atoms with Crippen LogP contribution in [0.15, 0.2) is 47.4 Å². The second-order valence-electron chi connectivity index (χ2n) is 7.88. The highest BCUT2D eigenvalue weighted by Gasteiger charge is 2.35. The summed E-state index contributed by atoms with van der Waals surface area (Å²) in [5.41, 5.74) is 2.50. The van der Waals surface area contributed by atoms with Crippen LogP contribution in [0.5, 0.6) is 0 Å². The fraction of sp³-hybridized carbons (Fsp3) is 0.409. The maximum absolute atomic E-state index is 13.0. The third-order valence-corrected chi connectivity index (χ3v) is 8.88. The topological polar surface area (TPSA) is 66.5 Å². The Morgan fingerprint density at radius 2 is 1.63 bits per heavy atom. The van der Waals surface area contributed by atoms with Crippen molar-refractivity contribution in [3.63, 3.8) is 0 Å². The Kier molecular flexibility index (Phi) is 6.39. The molecule has 1 atom stereocenters. The predicted molar refractivity (Wildman–Crippen MR) is 118 cm³/mol. The molecule has 0 aromatic heterocycles. The zero-order valence-corrected chi connectivity index (χ0v) is 18.8. The Morgan fingerprint density at radius 3 is 2.33 bits per heavy atom. The number of carbonyl (C=O) groups excluding carboxylic acids is 1. The molecular weight excluding hydrogens is 443 g/mol. The Bertz CT molecular complexity index is 1030. The van der Waals surface area contributed by atoms with Crippen LogP contribution in [0.4, 0.5) is 0 Å². The number of aryl methyl sites for hydroxylation is 1. The van der Waals surface area contributed by atoms with Crippen molar-refractivity contribution in [3.8, 4) is 0 Å². The monoisotopic (exact) mass is 466 g/mol. The van der Waals surface area contributed by atoms with Crippen molar-refractivity contribution in [1.29, 1.82) is 0 Å². The molecule has 1 aliphatic carbocycles. The summed E-state index contributed by atoms with van der Waals surface area (Å²) in [4.78, 5) is 12.8. The molecule has 1 N–H and O–H groups in total. The molecule has 1 aliphatic heterocycles.